The molecule has 1 aromatic carbocycles. The maximum absolute atomic E-state index is 12.0. The van der Waals surface area contributed by atoms with Crippen molar-refractivity contribution < 1.29 is 9.53 Å². The summed E-state index contributed by atoms with van der Waals surface area (Å²) < 4.78 is 5.51. The van der Waals surface area contributed by atoms with Gasteiger partial charge in [-0.3, -0.25) is 4.90 Å². The molecule has 1 saturated heterocycles. The molecule has 0 radical (unpaired) electrons. The molecule has 1 N–H and O–H groups in total. The lowest BCUT2D eigenvalue weighted by molar-refractivity contribution is 0.200. The molecule has 1 fully saturated rings. The fraction of sp³-hybridized carbons (Fsp3) is 0.667. The summed E-state index contributed by atoms with van der Waals surface area (Å²) in [6, 6.07) is 6.68. The second kappa shape index (κ2) is 9.26. The first kappa shape index (κ1) is 19.0. The first-order valence-corrected chi connectivity index (χ1v) is 10.2. The number of hydrogen-bond acceptors (Lipinski definition) is 4. The van der Waals surface area contributed by atoms with E-state index >= 15 is 0 Å². The molecule has 2 aliphatic heterocycles. The van der Waals surface area contributed by atoms with Crippen LogP contribution in [0.5, 0.6) is 5.75 Å². The van der Waals surface area contributed by atoms with Gasteiger partial charge in [0.25, 0.3) is 0 Å². The smallest absolute Gasteiger partial charge is 0.410 e. The maximum atomic E-state index is 12.0. The summed E-state index contributed by atoms with van der Waals surface area (Å²) in [6.07, 6.45) is 8.14. The number of unbranched alkanes of at least 4 members (excludes halogenated alkanes) is 4. The summed E-state index contributed by atoms with van der Waals surface area (Å²) >= 11 is 0. The van der Waals surface area contributed by atoms with Crippen molar-refractivity contribution in [3.05, 3.63) is 23.8 Å². The van der Waals surface area contributed by atoms with E-state index in [1.54, 1.807) is 0 Å². The number of carbonyl (C=O) groups is 1. The van der Waals surface area contributed by atoms with E-state index < -0.39 is 0 Å². The van der Waals surface area contributed by atoms with E-state index in [0.29, 0.717) is 18.3 Å². The second-order valence-electron chi connectivity index (χ2n) is 7.67. The molecule has 0 spiro atoms. The third kappa shape index (κ3) is 4.91. The van der Waals surface area contributed by atoms with Crippen LogP contribution in [0, 0.1) is 0 Å². The van der Waals surface area contributed by atoms with E-state index in [-0.39, 0.29) is 6.09 Å². The largest absolute Gasteiger partial charge is 0.412 e. The van der Waals surface area contributed by atoms with Crippen LogP contribution in [0.4, 0.5) is 10.5 Å². The number of nitrogens with zero attached hydrogens (tertiary/aromatic N) is 2. The summed E-state index contributed by atoms with van der Waals surface area (Å²) in [7, 11) is 2.16. The van der Waals surface area contributed by atoms with Crippen molar-refractivity contribution in [2.45, 2.75) is 64.5 Å². The highest BCUT2D eigenvalue weighted by molar-refractivity contribution is 5.71. The first-order chi connectivity index (χ1) is 12.7. The van der Waals surface area contributed by atoms with Gasteiger partial charge in [0, 0.05) is 38.4 Å². The lowest BCUT2D eigenvalue weighted by Gasteiger charge is -2.24. The molecule has 1 unspecified atom stereocenters. The third-order valence-electron chi connectivity index (χ3n) is 5.58. The van der Waals surface area contributed by atoms with E-state index in [0.717, 1.165) is 25.9 Å². The second-order valence-corrected chi connectivity index (χ2v) is 7.67. The van der Waals surface area contributed by atoms with Crippen LogP contribution < -0.4 is 15.0 Å². The topological polar surface area (TPSA) is 44.8 Å². The molecule has 0 bridgehead atoms. The van der Waals surface area contributed by atoms with Gasteiger partial charge in [-0.1, -0.05) is 32.6 Å². The van der Waals surface area contributed by atoms with Crippen LogP contribution >= 0.6 is 0 Å². The monoisotopic (exact) mass is 359 g/mol. The molecule has 1 aromatic rings. The molecule has 5 heteroatoms. The Labute approximate surface area is 157 Å². The molecule has 5 nitrogen and oxygen atoms in total. The molecule has 0 aromatic heterocycles. The normalized spacial score (nSPS) is 19.6. The molecule has 0 saturated carbocycles. The van der Waals surface area contributed by atoms with Gasteiger partial charge >= 0.3 is 6.09 Å². The third-order valence-corrected chi connectivity index (χ3v) is 5.58. The summed E-state index contributed by atoms with van der Waals surface area (Å²) in [6.45, 7) is 6.08. The Hall–Kier alpha value is -1.75. The van der Waals surface area contributed by atoms with Crippen LogP contribution in [-0.2, 0) is 6.54 Å². The number of anilines is 1. The van der Waals surface area contributed by atoms with Crippen molar-refractivity contribution in [1.29, 1.82) is 0 Å². The number of amides is 1. The van der Waals surface area contributed by atoms with Gasteiger partial charge in [0.15, 0.2) is 0 Å². The number of fused-ring (bicyclic) bond motifs is 2. The molecule has 1 amide bonds. The predicted octanol–water partition coefficient (Wildman–Crippen LogP) is 4.16. The van der Waals surface area contributed by atoms with Crippen LogP contribution in [0.3, 0.4) is 0 Å². The average molecular weight is 360 g/mol. The molecule has 144 valence electrons. The number of benzene rings is 1. The molecule has 1 atom stereocenters. The van der Waals surface area contributed by atoms with Gasteiger partial charge in [0.1, 0.15) is 5.75 Å². The Morgan fingerprint density at radius 3 is 2.96 bits per heavy atom. The van der Waals surface area contributed by atoms with E-state index in [1.165, 1.54) is 49.9 Å². The van der Waals surface area contributed by atoms with Gasteiger partial charge in [0.05, 0.1) is 0 Å². The minimum absolute atomic E-state index is 0.346. The molecule has 2 aliphatic rings. The summed E-state index contributed by atoms with van der Waals surface area (Å²) in [4.78, 5) is 16.9. The van der Waals surface area contributed by atoms with Gasteiger partial charge in [-0.15, -0.1) is 0 Å². The Balaban J connectivity index is 1.53. The predicted molar refractivity (Wildman–Crippen MR) is 106 cm³/mol. The van der Waals surface area contributed by atoms with Crippen molar-refractivity contribution in [1.82, 2.24) is 10.2 Å². The number of hydrogen-bond donors (Lipinski definition) is 1. The van der Waals surface area contributed by atoms with E-state index in [4.69, 9.17) is 4.74 Å². The summed E-state index contributed by atoms with van der Waals surface area (Å²) in [5.74, 6) is 0.637. The van der Waals surface area contributed by atoms with Crippen molar-refractivity contribution in [2.24, 2.45) is 0 Å². The van der Waals surface area contributed by atoms with Gasteiger partial charge in [0.2, 0.25) is 0 Å². The quantitative estimate of drug-likeness (QED) is 0.743. The van der Waals surface area contributed by atoms with E-state index in [9.17, 15) is 4.79 Å². The standard InChI is InChI=1S/C21H33N3O2/c1-3-4-5-6-7-12-22-21(25)26-19-10-11-20-17(14-19)15-24-13-8-9-18(24)16-23(20)2/h10-11,14,18H,3-9,12-13,15-16H2,1-2H3,(H,22,25). The van der Waals surface area contributed by atoms with Gasteiger partial charge in [-0.25, -0.2) is 4.79 Å². The highest BCUT2D eigenvalue weighted by Crippen LogP contribution is 2.32. The number of nitrogens with one attached hydrogen (secondary N) is 1. The van der Waals surface area contributed by atoms with Crippen LogP contribution in [0.1, 0.15) is 57.4 Å². The number of ether oxygens (including phenoxy) is 1. The highest BCUT2D eigenvalue weighted by Gasteiger charge is 2.30. The van der Waals surface area contributed by atoms with Crippen molar-refractivity contribution in [2.75, 3.05) is 31.6 Å². The first-order valence-electron chi connectivity index (χ1n) is 10.2. The van der Waals surface area contributed by atoms with Crippen LogP contribution in [0.25, 0.3) is 0 Å². The zero-order chi connectivity index (χ0) is 18.4. The molecule has 2 heterocycles. The van der Waals surface area contributed by atoms with Gasteiger partial charge in [-0.2, -0.15) is 0 Å². The zero-order valence-electron chi connectivity index (χ0n) is 16.3. The minimum Gasteiger partial charge on any atom is -0.410 e. The Kier molecular flexibility index (Phi) is 6.78. The van der Waals surface area contributed by atoms with E-state index in [2.05, 4.69) is 35.2 Å². The Morgan fingerprint density at radius 1 is 1.27 bits per heavy atom. The van der Waals surface area contributed by atoms with Crippen LogP contribution in [0.15, 0.2) is 18.2 Å². The van der Waals surface area contributed by atoms with Gasteiger partial charge in [-0.05, 0) is 49.6 Å². The average Bonchev–Trinajstić information content (AvgIpc) is 2.99. The van der Waals surface area contributed by atoms with Crippen molar-refractivity contribution >= 4 is 11.8 Å². The van der Waals surface area contributed by atoms with E-state index in [1.807, 2.05) is 12.1 Å². The van der Waals surface area contributed by atoms with Crippen molar-refractivity contribution in [3.63, 3.8) is 0 Å². The minimum atomic E-state index is -0.346. The maximum Gasteiger partial charge on any atom is 0.412 e. The highest BCUT2D eigenvalue weighted by atomic mass is 16.6. The zero-order valence-corrected chi connectivity index (χ0v) is 16.3. The van der Waals surface area contributed by atoms with Gasteiger partial charge < -0.3 is 15.0 Å². The van der Waals surface area contributed by atoms with Crippen LogP contribution in [0.2, 0.25) is 0 Å². The fourth-order valence-corrected chi connectivity index (χ4v) is 4.13. The lowest BCUT2D eigenvalue weighted by Crippen LogP contribution is -2.35. The number of rotatable bonds is 7. The Bertz CT molecular complexity index is 605. The summed E-state index contributed by atoms with van der Waals surface area (Å²) in [5, 5.41) is 2.86. The lowest BCUT2D eigenvalue weighted by atomic mass is 10.1. The van der Waals surface area contributed by atoms with Crippen molar-refractivity contribution in [3.8, 4) is 5.75 Å². The number of carbonyl (C=O) groups excluding carboxylic acids is 1. The molecular weight excluding hydrogens is 326 g/mol. The SMILES string of the molecule is CCCCCCCNC(=O)Oc1ccc2c(c1)CN1CCCC1CN2C. The Morgan fingerprint density at radius 2 is 2.12 bits per heavy atom. The van der Waals surface area contributed by atoms with Crippen LogP contribution in [-0.4, -0.2) is 43.7 Å². The molecule has 26 heavy (non-hydrogen) atoms. The number of likely N-dealkylation sites (N-methyl/N-ethyl adjacent to an activating group) is 1. The fourth-order valence-electron chi connectivity index (χ4n) is 4.13. The molecule has 0 aliphatic carbocycles. The molecular formula is C21H33N3O2. The summed E-state index contributed by atoms with van der Waals surface area (Å²) in [5.41, 5.74) is 2.50. The molecule has 3 rings (SSSR count).